The van der Waals surface area contributed by atoms with Crippen molar-refractivity contribution < 1.29 is 0 Å². The van der Waals surface area contributed by atoms with Crippen molar-refractivity contribution >= 4 is 22.8 Å². The van der Waals surface area contributed by atoms with Gasteiger partial charge in [0.1, 0.15) is 11.3 Å². The molecule has 0 saturated carbocycles. The molecule has 21 heavy (non-hydrogen) atoms. The summed E-state index contributed by atoms with van der Waals surface area (Å²) in [5.41, 5.74) is 3.14. The molecule has 1 unspecified atom stereocenters. The monoisotopic (exact) mass is 311 g/mol. The number of rotatable bonds is 7. The molecular weight excluding hydrogens is 286 g/mol. The van der Waals surface area contributed by atoms with Crippen LogP contribution in [0.25, 0.3) is 11.2 Å². The van der Waals surface area contributed by atoms with Gasteiger partial charge in [-0.05, 0) is 26.4 Å². The maximum Gasteiger partial charge on any atom is 0.159 e. The van der Waals surface area contributed by atoms with Gasteiger partial charge in [0.2, 0.25) is 0 Å². The zero-order chi connectivity index (χ0) is 15.6. The molecule has 2 heterocycles. The van der Waals surface area contributed by atoms with Crippen molar-refractivity contribution in [3.63, 3.8) is 0 Å². The average molecular weight is 312 g/mol. The number of hydrogen-bond acceptors (Lipinski definition) is 3. The number of alkyl halides is 1. The predicted molar refractivity (Wildman–Crippen MR) is 87.9 cm³/mol. The van der Waals surface area contributed by atoms with E-state index in [0.29, 0.717) is 11.9 Å². The standard InChI is InChI=1S/C15H26ClN5/c1-6-12-14-15(19(5)18-12)21(13(9-16)17-14)11(4)10-20(7-2)8-3/h11H,6-10H2,1-5H3. The van der Waals surface area contributed by atoms with Crippen LogP contribution in [0, 0.1) is 0 Å². The lowest BCUT2D eigenvalue weighted by molar-refractivity contribution is 0.261. The summed E-state index contributed by atoms with van der Waals surface area (Å²) in [5.74, 6) is 1.37. The summed E-state index contributed by atoms with van der Waals surface area (Å²) in [4.78, 5) is 7.15. The minimum atomic E-state index is 0.323. The second-order valence-electron chi connectivity index (χ2n) is 5.46. The maximum atomic E-state index is 6.13. The molecule has 1 atom stereocenters. The molecular formula is C15H26ClN5. The highest BCUT2D eigenvalue weighted by Crippen LogP contribution is 2.25. The molecule has 0 fully saturated rings. The number of likely N-dealkylation sites (N-methyl/N-ethyl adjacent to an activating group) is 1. The first-order valence-electron chi connectivity index (χ1n) is 7.78. The van der Waals surface area contributed by atoms with E-state index in [1.54, 1.807) is 0 Å². The molecule has 0 N–H and O–H groups in total. The number of aryl methyl sites for hydroxylation is 2. The fourth-order valence-corrected chi connectivity index (χ4v) is 3.17. The molecule has 2 aromatic heterocycles. The van der Waals surface area contributed by atoms with Crippen molar-refractivity contribution in [2.45, 2.75) is 46.0 Å². The van der Waals surface area contributed by atoms with E-state index in [1.165, 1.54) is 0 Å². The normalized spacial score (nSPS) is 13.5. The highest BCUT2D eigenvalue weighted by Gasteiger charge is 2.22. The van der Waals surface area contributed by atoms with Gasteiger partial charge >= 0.3 is 0 Å². The Morgan fingerprint density at radius 1 is 1.24 bits per heavy atom. The zero-order valence-electron chi connectivity index (χ0n) is 13.7. The Labute approximate surface area is 131 Å². The van der Waals surface area contributed by atoms with Crippen LogP contribution in [0.15, 0.2) is 0 Å². The lowest BCUT2D eigenvalue weighted by Gasteiger charge is -2.25. The Hall–Kier alpha value is -1.07. The van der Waals surface area contributed by atoms with Crippen LogP contribution in [0.2, 0.25) is 0 Å². The number of imidazole rings is 1. The summed E-state index contributed by atoms with van der Waals surface area (Å²) in [6.07, 6.45) is 0.889. The zero-order valence-corrected chi connectivity index (χ0v) is 14.5. The number of nitrogens with zero attached hydrogens (tertiary/aromatic N) is 5. The first-order valence-corrected chi connectivity index (χ1v) is 8.31. The summed E-state index contributed by atoms with van der Waals surface area (Å²) in [6.45, 7) is 11.8. The van der Waals surface area contributed by atoms with Gasteiger partial charge in [0, 0.05) is 19.6 Å². The Bertz CT molecular complexity index is 597. The molecule has 0 radical (unpaired) electrons. The predicted octanol–water partition coefficient (Wildman–Crippen LogP) is 2.97. The summed E-state index contributed by atoms with van der Waals surface area (Å²) < 4.78 is 4.20. The minimum Gasteiger partial charge on any atom is -0.308 e. The van der Waals surface area contributed by atoms with E-state index in [-0.39, 0.29) is 0 Å². The lowest BCUT2D eigenvalue weighted by Crippen LogP contribution is -2.30. The van der Waals surface area contributed by atoms with Crippen LogP contribution in [0.1, 0.15) is 45.3 Å². The smallest absolute Gasteiger partial charge is 0.159 e. The van der Waals surface area contributed by atoms with Crippen molar-refractivity contribution in [2.24, 2.45) is 7.05 Å². The number of aromatic nitrogens is 4. The lowest BCUT2D eigenvalue weighted by atomic mass is 10.2. The second kappa shape index (κ2) is 6.79. The van der Waals surface area contributed by atoms with E-state index >= 15 is 0 Å². The molecule has 0 aliphatic heterocycles. The number of fused-ring (bicyclic) bond motifs is 1. The van der Waals surface area contributed by atoms with Gasteiger partial charge < -0.3 is 9.47 Å². The Morgan fingerprint density at radius 3 is 2.43 bits per heavy atom. The van der Waals surface area contributed by atoms with E-state index in [2.05, 4.69) is 42.3 Å². The molecule has 5 nitrogen and oxygen atoms in total. The topological polar surface area (TPSA) is 38.9 Å². The first kappa shape index (κ1) is 16.3. The molecule has 2 aromatic rings. The van der Waals surface area contributed by atoms with Gasteiger partial charge in [0.25, 0.3) is 0 Å². The molecule has 6 heteroatoms. The maximum absolute atomic E-state index is 6.13. The summed E-state index contributed by atoms with van der Waals surface area (Å²) in [6, 6.07) is 0.323. The van der Waals surface area contributed by atoms with Crippen LogP contribution in [-0.2, 0) is 19.3 Å². The van der Waals surface area contributed by atoms with Crippen LogP contribution >= 0.6 is 11.6 Å². The number of hydrogen-bond donors (Lipinski definition) is 0. The fourth-order valence-electron chi connectivity index (χ4n) is 2.98. The van der Waals surface area contributed by atoms with E-state index in [0.717, 1.165) is 48.7 Å². The van der Waals surface area contributed by atoms with Crippen molar-refractivity contribution in [3.05, 3.63) is 11.5 Å². The third-order valence-electron chi connectivity index (χ3n) is 4.12. The Kier molecular flexibility index (Phi) is 5.27. The molecule has 0 bridgehead atoms. The Morgan fingerprint density at radius 2 is 1.90 bits per heavy atom. The molecule has 2 rings (SSSR count). The van der Waals surface area contributed by atoms with Crippen molar-refractivity contribution in [1.82, 2.24) is 24.2 Å². The van der Waals surface area contributed by atoms with Crippen molar-refractivity contribution in [1.29, 1.82) is 0 Å². The highest BCUT2D eigenvalue weighted by atomic mass is 35.5. The average Bonchev–Trinajstić information content (AvgIpc) is 3.02. The van der Waals surface area contributed by atoms with Crippen molar-refractivity contribution in [3.8, 4) is 0 Å². The van der Waals surface area contributed by atoms with E-state index in [1.807, 2.05) is 11.7 Å². The first-order chi connectivity index (χ1) is 10.1. The van der Waals surface area contributed by atoms with Crippen LogP contribution in [-0.4, -0.2) is 43.9 Å². The fraction of sp³-hybridized carbons (Fsp3) is 0.733. The molecule has 0 spiro atoms. The van der Waals surface area contributed by atoms with Crippen molar-refractivity contribution in [2.75, 3.05) is 19.6 Å². The second-order valence-corrected chi connectivity index (χ2v) is 5.73. The Balaban J connectivity index is 2.48. The minimum absolute atomic E-state index is 0.323. The van der Waals surface area contributed by atoms with Gasteiger partial charge in [-0.2, -0.15) is 5.10 Å². The molecule has 0 saturated heterocycles. The third kappa shape index (κ3) is 2.94. The van der Waals surface area contributed by atoms with Crippen LogP contribution in [0.3, 0.4) is 0 Å². The molecule has 0 amide bonds. The van der Waals surface area contributed by atoms with Gasteiger partial charge in [-0.3, -0.25) is 4.68 Å². The highest BCUT2D eigenvalue weighted by molar-refractivity contribution is 6.16. The molecule has 0 aliphatic carbocycles. The van der Waals surface area contributed by atoms with E-state index in [9.17, 15) is 0 Å². The molecule has 0 aromatic carbocycles. The molecule has 118 valence electrons. The van der Waals surface area contributed by atoms with Gasteiger partial charge in [0.05, 0.1) is 11.6 Å². The third-order valence-corrected chi connectivity index (χ3v) is 4.36. The molecule has 0 aliphatic rings. The number of halogens is 1. The summed E-state index contributed by atoms with van der Waals surface area (Å²) in [7, 11) is 1.99. The van der Waals surface area contributed by atoms with E-state index < -0.39 is 0 Å². The quantitative estimate of drug-likeness (QED) is 0.738. The van der Waals surface area contributed by atoms with Crippen LogP contribution < -0.4 is 0 Å². The summed E-state index contributed by atoms with van der Waals surface area (Å²) >= 11 is 6.13. The van der Waals surface area contributed by atoms with Crippen LogP contribution in [0.5, 0.6) is 0 Å². The van der Waals surface area contributed by atoms with Crippen LogP contribution in [0.4, 0.5) is 0 Å². The van der Waals surface area contributed by atoms with Gasteiger partial charge in [-0.15, -0.1) is 11.6 Å². The summed E-state index contributed by atoms with van der Waals surface area (Å²) in [5, 5.41) is 4.58. The van der Waals surface area contributed by atoms with Gasteiger partial charge in [-0.1, -0.05) is 20.8 Å². The largest absolute Gasteiger partial charge is 0.308 e. The van der Waals surface area contributed by atoms with Gasteiger partial charge in [0.15, 0.2) is 5.65 Å². The van der Waals surface area contributed by atoms with E-state index in [4.69, 9.17) is 16.6 Å². The SMILES string of the molecule is CCc1nn(C)c2c1nc(CCl)n2C(C)CN(CC)CC. The van der Waals surface area contributed by atoms with Gasteiger partial charge in [-0.25, -0.2) is 4.98 Å².